The van der Waals surface area contributed by atoms with Crippen LogP contribution < -0.4 is 0 Å². The molecular weight excluding hydrogens is 198 g/mol. The van der Waals surface area contributed by atoms with E-state index in [0.717, 1.165) is 6.42 Å². The summed E-state index contributed by atoms with van der Waals surface area (Å²) in [6.45, 7) is 0.426. The van der Waals surface area contributed by atoms with Crippen LogP contribution in [0.25, 0.3) is 0 Å². The smallest absolute Gasteiger partial charge is 0.316 e. The van der Waals surface area contributed by atoms with Crippen LogP contribution >= 0.6 is 0 Å². The van der Waals surface area contributed by atoms with Crippen molar-refractivity contribution in [2.75, 3.05) is 13.7 Å². The number of aliphatic hydroxyl groups is 1. The monoisotopic (exact) mass is 213 g/mol. The van der Waals surface area contributed by atoms with Gasteiger partial charge < -0.3 is 14.7 Å². The van der Waals surface area contributed by atoms with E-state index in [1.807, 2.05) is 0 Å². The van der Waals surface area contributed by atoms with Crippen molar-refractivity contribution in [3.05, 3.63) is 0 Å². The first-order chi connectivity index (χ1) is 7.10. The van der Waals surface area contributed by atoms with Gasteiger partial charge in [0.05, 0.1) is 7.11 Å². The van der Waals surface area contributed by atoms with Crippen LogP contribution in [0.3, 0.4) is 0 Å². The second kappa shape index (κ2) is 3.20. The summed E-state index contributed by atoms with van der Waals surface area (Å²) in [5.74, 6) is -0.396. The molecule has 2 rings (SSSR count). The van der Waals surface area contributed by atoms with Gasteiger partial charge >= 0.3 is 5.97 Å². The fourth-order valence-corrected chi connectivity index (χ4v) is 3.02. The number of carbonyl (C=O) groups is 2. The van der Waals surface area contributed by atoms with Crippen molar-refractivity contribution in [1.29, 1.82) is 0 Å². The molecule has 1 heterocycles. The van der Waals surface area contributed by atoms with Gasteiger partial charge in [-0.2, -0.15) is 0 Å². The number of hydrogen-bond donors (Lipinski definition) is 1. The van der Waals surface area contributed by atoms with Crippen molar-refractivity contribution in [3.63, 3.8) is 0 Å². The Kier molecular flexibility index (Phi) is 2.22. The van der Waals surface area contributed by atoms with E-state index in [2.05, 4.69) is 0 Å². The Hall–Kier alpha value is -1.10. The van der Waals surface area contributed by atoms with Gasteiger partial charge in [-0.05, 0) is 25.7 Å². The summed E-state index contributed by atoms with van der Waals surface area (Å²) in [6.07, 6.45) is 2.92. The molecule has 5 heteroatoms. The quantitative estimate of drug-likeness (QED) is 0.513. The summed E-state index contributed by atoms with van der Waals surface area (Å²) in [4.78, 5) is 23.9. The molecule has 2 atom stereocenters. The number of methoxy groups -OCH3 is 1. The molecule has 2 fully saturated rings. The summed E-state index contributed by atoms with van der Waals surface area (Å²) < 4.78 is 4.76. The molecule has 5 nitrogen and oxygen atoms in total. The van der Waals surface area contributed by atoms with Gasteiger partial charge in [-0.15, -0.1) is 0 Å². The van der Waals surface area contributed by atoms with Gasteiger partial charge in [-0.1, -0.05) is 0 Å². The zero-order valence-electron chi connectivity index (χ0n) is 8.73. The zero-order valence-corrected chi connectivity index (χ0v) is 8.73. The highest BCUT2D eigenvalue weighted by Gasteiger charge is 2.66. The molecule has 1 saturated heterocycles. The van der Waals surface area contributed by atoms with Crippen molar-refractivity contribution in [1.82, 2.24) is 4.90 Å². The number of carbonyl (C=O) groups excluding carboxylic acids is 2. The Bertz CT molecular complexity index is 306. The fourth-order valence-electron chi connectivity index (χ4n) is 3.02. The average molecular weight is 213 g/mol. The number of rotatable bonds is 2. The third-order valence-electron chi connectivity index (χ3n) is 3.85. The maximum Gasteiger partial charge on any atom is 0.316 e. The van der Waals surface area contributed by atoms with Crippen molar-refractivity contribution in [3.8, 4) is 0 Å². The Morgan fingerprint density at radius 3 is 2.80 bits per heavy atom. The predicted molar refractivity (Wildman–Crippen MR) is 50.6 cm³/mol. The van der Waals surface area contributed by atoms with Gasteiger partial charge in [-0.3, -0.25) is 9.59 Å². The topological polar surface area (TPSA) is 66.8 Å². The van der Waals surface area contributed by atoms with Crippen LogP contribution in [0.2, 0.25) is 0 Å². The SMILES string of the molecule is COC(=O)C12CCCC1(O)N(C=O)CC2. The van der Waals surface area contributed by atoms with Gasteiger partial charge in [0.2, 0.25) is 6.41 Å². The normalized spacial score (nSPS) is 38.9. The molecule has 1 N–H and O–H groups in total. The van der Waals surface area contributed by atoms with Crippen molar-refractivity contribution < 1.29 is 19.4 Å². The van der Waals surface area contributed by atoms with E-state index in [9.17, 15) is 14.7 Å². The summed E-state index contributed by atoms with van der Waals surface area (Å²) in [6, 6.07) is 0. The Balaban J connectivity index is 2.39. The number of fused-ring (bicyclic) bond motifs is 1. The Morgan fingerprint density at radius 1 is 1.47 bits per heavy atom. The van der Waals surface area contributed by atoms with E-state index in [-0.39, 0.29) is 0 Å². The molecule has 2 unspecified atom stereocenters. The van der Waals surface area contributed by atoms with Crippen LogP contribution in [0.4, 0.5) is 0 Å². The highest BCUT2D eigenvalue weighted by Crippen LogP contribution is 2.55. The number of nitrogens with zero attached hydrogens (tertiary/aromatic N) is 1. The molecule has 84 valence electrons. The maximum absolute atomic E-state index is 11.8. The molecule has 1 amide bonds. The average Bonchev–Trinajstić information content (AvgIpc) is 2.69. The molecule has 1 aliphatic carbocycles. The van der Waals surface area contributed by atoms with E-state index in [0.29, 0.717) is 32.2 Å². The minimum atomic E-state index is -1.32. The zero-order chi connectivity index (χ0) is 11.1. The molecule has 0 spiro atoms. The van der Waals surface area contributed by atoms with Crippen molar-refractivity contribution in [2.45, 2.75) is 31.4 Å². The lowest BCUT2D eigenvalue weighted by Crippen LogP contribution is -2.53. The van der Waals surface area contributed by atoms with E-state index in [4.69, 9.17) is 4.74 Å². The molecule has 2 aliphatic rings. The third kappa shape index (κ3) is 1.07. The van der Waals surface area contributed by atoms with Crippen LogP contribution in [0.5, 0.6) is 0 Å². The first-order valence-corrected chi connectivity index (χ1v) is 5.13. The van der Waals surface area contributed by atoms with E-state index in [1.54, 1.807) is 0 Å². The number of likely N-dealkylation sites (tertiary alicyclic amines) is 1. The van der Waals surface area contributed by atoms with E-state index in [1.165, 1.54) is 12.0 Å². The number of amides is 1. The van der Waals surface area contributed by atoms with Crippen molar-refractivity contribution in [2.24, 2.45) is 5.41 Å². The molecule has 15 heavy (non-hydrogen) atoms. The highest BCUT2D eigenvalue weighted by molar-refractivity contribution is 5.80. The Labute approximate surface area is 88.0 Å². The molecule has 1 aliphatic heterocycles. The van der Waals surface area contributed by atoms with Crippen LogP contribution in [0.15, 0.2) is 0 Å². The van der Waals surface area contributed by atoms with E-state index < -0.39 is 17.1 Å². The molecule has 0 radical (unpaired) electrons. The van der Waals surface area contributed by atoms with Gasteiger partial charge in [0, 0.05) is 6.54 Å². The largest absolute Gasteiger partial charge is 0.468 e. The molecule has 0 bridgehead atoms. The van der Waals surface area contributed by atoms with Crippen LogP contribution in [-0.4, -0.2) is 41.8 Å². The third-order valence-corrected chi connectivity index (χ3v) is 3.85. The van der Waals surface area contributed by atoms with Gasteiger partial charge in [0.1, 0.15) is 5.41 Å². The standard InChI is InChI=1S/C10H15NO4/c1-15-8(13)9-3-2-4-10(9,14)11(7-12)6-5-9/h7,14H,2-6H2,1H3. The number of ether oxygens (including phenoxy) is 1. The predicted octanol–water partition coefficient (Wildman–Crippen LogP) is -0.120. The number of hydrogen-bond acceptors (Lipinski definition) is 4. The van der Waals surface area contributed by atoms with Gasteiger partial charge in [0.25, 0.3) is 0 Å². The van der Waals surface area contributed by atoms with E-state index >= 15 is 0 Å². The second-order valence-corrected chi connectivity index (χ2v) is 4.29. The second-order valence-electron chi connectivity index (χ2n) is 4.29. The lowest BCUT2D eigenvalue weighted by Gasteiger charge is -2.36. The summed E-state index contributed by atoms with van der Waals surface area (Å²) in [5, 5.41) is 10.4. The van der Waals surface area contributed by atoms with Crippen LogP contribution in [-0.2, 0) is 14.3 Å². The maximum atomic E-state index is 11.8. The number of esters is 1. The Morgan fingerprint density at radius 2 is 2.20 bits per heavy atom. The summed E-state index contributed by atoms with van der Waals surface area (Å²) in [7, 11) is 1.32. The summed E-state index contributed by atoms with van der Waals surface area (Å²) in [5.41, 5.74) is -2.20. The molecule has 1 saturated carbocycles. The highest BCUT2D eigenvalue weighted by atomic mass is 16.5. The lowest BCUT2D eigenvalue weighted by molar-refractivity contribution is -0.181. The van der Waals surface area contributed by atoms with Gasteiger partial charge in [-0.25, -0.2) is 0 Å². The summed E-state index contributed by atoms with van der Waals surface area (Å²) >= 11 is 0. The molecule has 0 aromatic rings. The molecular formula is C10H15NO4. The minimum Gasteiger partial charge on any atom is -0.468 e. The first kappa shape index (κ1) is 10.4. The minimum absolute atomic E-state index is 0.396. The van der Waals surface area contributed by atoms with Crippen LogP contribution in [0, 0.1) is 5.41 Å². The van der Waals surface area contributed by atoms with Crippen molar-refractivity contribution >= 4 is 12.4 Å². The fraction of sp³-hybridized carbons (Fsp3) is 0.800. The lowest BCUT2D eigenvalue weighted by atomic mass is 9.80. The molecule has 0 aromatic carbocycles. The molecule has 0 aromatic heterocycles. The van der Waals surface area contributed by atoms with Crippen LogP contribution in [0.1, 0.15) is 25.7 Å². The van der Waals surface area contributed by atoms with Gasteiger partial charge in [0.15, 0.2) is 5.72 Å². The first-order valence-electron chi connectivity index (χ1n) is 5.13.